The molecule has 0 atom stereocenters. The molecule has 0 saturated carbocycles. The Kier molecular flexibility index (Phi) is 3.87. The lowest BCUT2D eigenvalue weighted by Crippen LogP contribution is -2.03. The van der Waals surface area contributed by atoms with E-state index in [0.29, 0.717) is 5.56 Å². The molecule has 2 rings (SSSR count). The molecular formula is C12H8F2O4S2. The van der Waals surface area contributed by atoms with Crippen molar-refractivity contribution in [2.75, 3.05) is 7.11 Å². The van der Waals surface area contributed by atoms with Gasteiger partial charge in [-0.25, -0.2) is 9.18 Å². The topological polar surface area (TPSA) is 60.4 Å². The molecule has 0 amide bonds. The SMILES string of the molecule is COC(=O)c1sc(-c2cccc(F)c2)cc1S(=O)(=O)F. The first-order chi connectivity index (χ1) is 9.32. The molecule has 1 heterocycles. The molecule has 0 bridgehead atoms. The minimum Gasteiger partial charge on any atom is -0.465 e. The Morgan fingerprint density at radius 2 is 2.00 bits per heavy atom. The second-order valence-electron chi connectivity index (χ2n) is 3.74. The first-order valence-corrected chi connectivity index (χ1v) is 7.45. The van der Waals surface area contributed by atoms with Crippen molar-refractivity contribution in [1.29, 1.82) is 0 Å². The number of carbonyl (C=O) groups excluding carboxylic acids is 1. The number of hydrogen-bond acceptors (Lipinski definition) is 5. The van der Waals surface area contributed by atoms with Crippen LogP contribution in [0.4, 0.5) is 8.28 Å². The first-order valence-electron chi connectivity index (χ1n) is 5.25. The Balaban J connectivity index is 2.63. The third-order valence-corrected chi connectivity index (χ3v) is 4.58. The van der Waals surface area contributed by atoms with E-state index in [-0.39, 0.29) is 9.75 Å². The van der Waals surface area contributed by atoms with Crippen LogP contribution in [0.5, 0.6) is 0 Å². The zero-order chi connectivity index (χ0) is 14.9. The summed E-state index contributed by atoms with van der Waals surface area (Å²) in [4.78, 5) is 10.6. The fourth-order valence-electron chi connectivity index (χ4n) is 1.57. The number of carbonyl (C=O) groups is 1. The van der Waals surface area contributed by atoms with Gasteiger partial charge in [-0.1, -0.05) is 12.1 Å². The molecule has 0 radical (unpaired) electrons. The van der Waals surface area contributed by atoms with Gasteiger partial charge >= 0.3 is 16.2 Å². The van der Waals surface area contributed by atoms with Crippen LogP contribution >= 0.6 is 11.3 Å². The molecule has 0 aliphatic heterocycles. The normalized spacial score (nSPS) is 11.3. The smallest absolute Gasteiger partial charge is 0.349 e. The van der Waals surface area contributed by atoms with Gasteiger partial charge in [0.2, 0.25) is 0 Å². The summed E-state index contributed by atoms with van der Waals surface area (Å²) in [5, 5.41) is 0. The lowest BCUT2D eigenvalue weighted by Gasteiger charge is -1.97. The Labute approximate surface area is 117 Å². The van der Waals surface area contributed by atoms with E-state index in [1.807, 2.05) is 0 Å². The molecule has 0 fully saturated rings. The van der Waals surface area contributed by atoms with Gasteiger partial charge in [-0.2, -0.15) is 8.42 Å². The number of esters is 1. The number of thiophene rings is 1. The van der Waals surface area contributed by atoms with Crippen molar-refractivity contribution in [3.05, 3.63) is 41.0 Å². The molecule has 0 aliphatic rings. The highest BCUT2D eigenvalue weighted by Crippen LogP contribution is 2.35. The highest BCUT2D eigenvalue weighted by molar-refractivity contribution is 7.86. The quantitative estimate of drug-likeness (QED) is 0.645. The molecule has 20 heavy (non-hydrogen) atoms. The molecule has 0 aliphatic carbocycles. The fourth-order valence-corrected chi connectivity index (χ4v) is 3.60. The number of benzene rings is 1. The molecule has 106 valence electrons. The van der Waals surface area contributed by atoms with Gasteiger partial charge in [-0.05, 0) is 23.8 Å². The summed E-state index contributed by atoms with van der Waals surface area (Å²) in [6.45, 7) is 0. The Morgan fingerprint density at radius 1 is 1.30 bits per heavy atom. The predicted molar refractivity (Wildman–Crippen MR) is 69.3 cm³/mol. The summed E-state index contributed by atoms with van der Waals surface area (Å²) in [7, 11) is -4.02. The standard InChI is InChI=1S/C12H8F2O4S2/c1-18-12(15)11-10(20(14,16)17)6-9(19-11)7-3-2-4-8(13)5-7/h2-6H,1H3. The maximum absolute atomic E-state index is 13.2. The molecule has 0 unspecified atom stereocenters. The van der Waals surface area contributed by atoms with Gasteiger partial charge in [0.25, 0.3) is 0 Å². The molecular weight excluding hydrogens is 310 g/mol. The summed E-state index contributed by atoms with van der Waals surface area (Å²) < 4.78 is 52.8. The second kappa shape index (κ2) is 5.29. The van der Waals surface area contributed by atoms with E-state index in [2.05, 4.69) is 4.74 Å². The lowest BCUT2D eigenvalue weighted by molar-refractivity contribution is 0.0602. The molecule has 0 spiro atoms. The van der Waals surface area contributed by atoms with Crippen molar-refractivity contribution in [3.8, 4) is 10.4 Å². The highest BCUT2D eigenvalue weighted by atomic mass is 32.3. The van der Waals surface area contributed by atoms with Crippen LogP contribution in [-0.2, 0) is 15.0 Å². The maximum Gasteiger partial charge on any atom is 0.349 e. The third-order valence-electron chi connectivity index (χ3n) is 2.44. The first kappa shape index (κ1) is 14.6. The van der Waals surface area contributed by atoms with E-state index in [1.54, 1.807) is 0 Å². The fraction of sp³-hybridized carbons (Fsp3) is 0.0833. The van der Waals surface area contributed by atoms with E-state index < -0.39 is 26.9 Å². The van der Waals surface area contributed by atoms with Crippen molar-refractivity contribution in [3.63, 3.8) is 0 Å². The number of methoxy groups -OCH3 is 1. The van der Waals surface area contributed by atoms with Crippen molar-refractivity contribution in [1.82, 2.24) is 0 Å². The predicted octanol–water partition coefficient (Wildman–Crippen LogP) is 3.00. The second-order valence-corrected chi connectivity index (χ2v) is 6.11. The van der Waals surface area contributed by atoms with E-state index in [9.17, 15) is 21.5 Å². The van der Waals surface area contributed by atoms with E-state index in [0.717, 1.165) is 30.6 Å². The largest absolute Gasteiger partial charge is 0.465 e. The van der Waals surface area contributed by atoms with Crippen LogP contribution < -0.4 is 0 Å². The summed E-state index contributed by atoms with van der Waals surface area (Å²) in [5.41, 5.74) is 0.343. The van der Waals surface area contributed by atoms with E-state index in [1.165, 1.54) is 18.2 Å². The van der Waals surface area contributed by atoms with Gasteiger partial charge in [0.05, 0.1) is 7.11 Å². The van der Waals surface area contributed by atoms with Gasteiger partial charge in [-0.3, -0.25) is 0 Å². The molecule has 0 saturated heterocycles. The summed E-state index contributed by atoms with van der Waals surface area (Å²) in [6, 6.07) is 6.30. The highest BCUT2D eigenvalue weighted by Gasteiger charge is 2.26. The lowest BCUT2D eigenvalue weighted by atomic mass is 10.2. The average molecular weight is 318 g/mol. The zero-order valence-electron chi connectivity index (χ0n) is 10.1. The molecule has 1 aromatic heterocycles. The van der Waals surface area contributed by atoms with Gasteiger partial charge in [0.15, 0.2) is 0 Å². The van der Waals surface area contributed by atoms with Crippen LogP contribution in [0, 0.1) is 5.82 Å². The average Bonchev–Trinajstić information content (AvgIpc) is 2.82. The van der Waals surface area contributed by atoms with Crippen LogP contribution in [0.3, 0.4) is 0 Å². The minimum absolute atomic E-state index is 0.251. The van der Waals surface area contributed by atoms with Gasteiger partial charge in [-0.15, -0.1) is 15.2 Å². The Bertz CT molecular complexity index is 766. The van der Waals surface area contributed by atoms with Crippen molar-refractivity contribution >= 4 is 27.5 Å². The Morgan fingerprint density at radius 3 is 2.55 bits per heavy atom. The van der Waals surface area contributed by atoms with E-state index >= 15 is 0 Å². The van der Waals surface area contributed by atoms with Gasteiger partial charge in [0.1, 0.15) is 15.6 Å². The molecule has 0 N–H and O–H groups in total. The summed E-state index contributed by atoms with van der Waals surface area (Å²) >= 11 is 0.720. The monoisotopic (exact) mass is 318 g/mol. The van der Waals surface area contributed by atoms with Crippen molar-refractivity contribution in [2.45, 2.75) is 4.90 Å². The number of hydrogen-bond donors (Lipinski definition) is 0. The molecule has 1 aromatic carbocycles. The van der Waals surface area contributed by atoms with Crippen LogP contribution in [0.2, 0.25) is 0 Å². The van der Waals surface area contributed by atoms with Gasteiger partial charge < -0.3 is 4.74 Å². The number of rotatable bonds is 3. The van der Waals surface area contributed by atoms with Gasteiger partial charge in [0, 0.05) is 4.88 Å². The van der Waals surface area contributed by atoms with Crippen molar-refractivity contribution in [2.24, 2.45) is 0 Å². The van der Waals surface area contributed by atoms with Crippen LogP contribution in [0.15, 0.2) is 35.2 Å². The molecule has 4 nitrogen and oxygen atoms in total. The maximum atomic E-state index is 13.2. The summed E-state index contributed by atoms with van der Waals surface area (Å²) in [6.07, 6.45) is 0. The van der Waals surface area contributed by atoms with Crippen LogP contribution in [0.1, 0.15) is 9.67 Å². The number of halogens is 2. The van der Waals surface area contributed by atoms with Crippen LogP contribution in [-0.4, -0.2) is 21.5 Å². The zero-order valence-corrected chi connectivity index (χ0v) is 11.7. The number of ether oxygens (including phenoxy) is 1. The minimum atomic E-state index is -5.07. The summed E-state index contributed by atoms with van der Waals surface area (Å²) in [5.74, 6) is -1.49. The Hall–Kier alpha value is -1.80. The van der Waals surface area contributed by atoms with Crippen molar-refractivity contribution < 1.29 is 26.2 Å². The molecule has 2 aromatic rings. The third kappa shape index (κ3) is 2.86. The molecule has 8 heteroatoms. The van der Waals surface area contributed by atoms with E-state index in [4.69, 9.17) is 0 Å². The van der Waals surface area contributed by atoms with Crippen LogP contribution in [0.25, 0.3) is 10.4 Å².